The van der Waals surface area contributed by atoms with Crippen LogP contribution in [0.5, 0.6) is 0 Å². The Kier molecular flexibility index (Phi) is 3.97. The first-order valence-electron chi connectivity index (χ1n) is 3.42. The van der Waals surface area contributed by atoms with Crippen molar-refractivity contribution in [3.8, 4) is 0 Å². The van der Waals surface area contributed by atoms with Gasteiger partial charge in [0.05, 0.1) is 6.61 Å². The van der Waals surface area contributed by atoms with Gasteiger partial charge in [0.15, 0.2) is 0 Å². The minimum absolute atomic E-state index is 0.749. The highest BCUT2D eigenvalue weighted by Gasteiger charge is 1.97. The second kappa shape index (κ2) is 4.80. The molecule has 1 rings (SSSR count). The van der Waals surface area contributed by atoms with Gasteiger partial charge < -0.3 is 4.74 Å². The molecule has 0 unspecified atom stereocenters. The fourth-order valence-corrected chi connectivity index (χ4v) is 2.62. The highest BCUT2D eigenvalue weighted by atomic mass is 32.2. The van der Waals surface area contributed by atoms with Crippen molar-refractivity contribution in [3.05, 3.63) is 21.9 Å². The maximum Gasteiger partial charge on any atom is 0.0805 e. The van der Waals surface area contributed by atoms with E-state index in [1.807, 2.05) is 23.1 Å². The molecule has 0 saturated heterocycles. The topological polar surface area (TPSA) is 9.23 Å². The molecule has 0 aliphatic carbocycles. The first kappa shape index (κ1) is 9.10. The fraction of sp³-hybridized carbons (Fsp3) is 0.500. The molecule has 0 fully saturated rings. The van der Waals surface area contributed by atoms with Crippen LogP contribution in [-0.2, 0) is 17.1 Å². The Morgan fingerprint density at radius 3 is 2.82 bits per heavy atom. The summed E-state index contributed by atoms with van der Waals surface area (Å²) in [5.41, 5.74) is 0. The summed E-state index contributed by atoms with van der Waals surface area (Å²) < 4.78 is 5.02. The van der Waals surface area contributed by atoms with Crippen LogP contribution in [0.15, 0.2) is 12.1 Å². The van der Waals surface area contributed by atoms with Crippen LogP contribution in [0.1, 0.15) is 9.75 Å². The second-order valence-electron chi connectivity index (χ2n) is 2.23. The number of thiophene rings is 1. The van der Waals surface area contributed by atoms with Crippen molar-refractivity contribution in [1.29, 1.82) is 0 Å². The zero-order valence-corrected chi connectivity index (χ0v) is 8.43. The van der Waals surface area contributed by atoms with Gasteiger partial charge in [-0.25, -0.2) is 0 Å². The van der Waals surface area contributed by atoms with Gasteiger partial charge in [-0.2, -0.15) is 11.8 Å². The van der Waals surface area contributed by atoms with E-state index in [9.17, 15) is 0 Å². The number of hydrogen-bond acceptors (Lipinski definition) is 3. The highest BCUT2D eigenvalue weighted by molar-refractivity contribution is 7.97. The van der Waals surface area contributed by atoms with Gasteiger partial charge in [-0.15, -0.1) is 11.3 Å². The lowest BCUT2D eigenvalue weighted by Gasteiger charge is -1.91. The van der Waals surface area contributed by atoms with Crippen LogP contribution in [0, 0.1) is 0 Å². The lowest BCUT2D eigenvalue weighted by Crippen LogP contribution is -1.79. The first-order valence-corrected chi connectivity index (χ1v) is 5.63. The molecule has 1 aromatic rings. The molecule has 11 heavy (non-hydrogen) atoms. The number of rotatable bonds is 4. The summed E-state index contributed by atoms with van der Waals surface area (Å²) in [7, 11) is 1.73. The van der Waals surface area contributed by atoms with Gasteiger partial charge in [-0.3, -0.25) is 0 Å². The van der Waals surface area contributed by atoms with E-state index in [-0.39, 0.29) is 0 Å². The van der Waals surface area contributed by atoms with Crippen molar-refractivity contribution in [1.82, 2.24) is 0 Å². The highest BCUT2D eigenvalue weighted by Crippen LogP contribution is 2.20. The van der Waals surface area contributed by atoms with Gasteiger partial charge in [0.1, 0.15) is 0 Å². The summed E-state index contributed by atoms with van der Waals surface area (Å²) in [6.45, 7) is 0.749. The van der Waals surface area contributed by atoms with E-state index in [1.165, 1.54) is 9.75 Å². The standard InChI is InChI=1S/C8H12OS2/c1-9-5-7-3-4-8(11-7)6-10-2/h3-4H,5-6H2,1-2H3. The molecule has 3 heteroatoms. The fourth-order valence-electron chi connectivity index (χ4n) is 0.862. The van der Waals surface area contributed by atoms with Gasteiger partial charge in [-0.05, 0) is 18.4 Å². The molecular weight excluding hydrogens is 176 g/mol. The van der Waals surface area contributed by atoms with E-state index in [1.54, 1.807) is 7.11 Å². The Morgan fingerprint density at radius 1 is 1.45 bits per heavy atom. The van der Waals surface area contributed by atoms with E-state index < -0.39 is 0 Å². The number of thioether (sulfide) groups is 1. The quantitative estimate of drug-likeness (QED) is 0.718. The summed E-state index contributed by atoms with van der Waals surface area (Å²) in [6.07, 6.45) is 2.12. The lowest BCUT2D eigenvalue weighted by molar-refractivity contribution is 0.187. The van der Waals surface area contributed by atoms with E-state index >= 15 is 0 Å². The van der Waals surface area contributed by atoms with Crippen LogP contribution in [0.3, 0.4) is 0 Å². The van der Waals surface area contributed by atoms with Gasteiger partial charge in [0, 0.05) is 22.6 Å². The summed E-state index contributed by atoms with van der Waals surface area (Å²) in [6, 6.07) is 4.31. The van der Waals surface area contributed by atoms with Crippen molar-refractivity contribution >= 4 is 23.1 Å². The van der Waals surface area contributed by atoms with Crippen molar-refractivity contribution < 1.29 is 4.74 Å². The SMILES string of the molecule is COCc1ccc(CSC)s1. The van der Waals surface area contributed by atoms with E-state index in [0.29, 0.717) is 0 Å². The Hall–Kier alpha value is 0.01000. The smallest absolute Gasteiger partial charge is 0.0805 e. The molecule has 1 heterocycles. The van der Waals surface area contributed by atoms with Gasteiger partial charge in [0.25, 0.3) is 0 Å². The molecule has 0 saturated carbocycles. The third-order valence-corrected chi connectivity index (χ3v) is 3.13. The molecule has 1 nitrogen and oxygen atoms in total. The van der Waals surface area contributed by atoms with E-state index in [4.69, 9.17) is 4.74 Å². The molecule has 1 aromatic heterocycles. The Labute approximate surface area is 75.8 Å². The Balaban J connectivity index is 2.51. The van der Waals surface area contributed by atoms with Crippen LogP contribution >= 0.6 is 23.1 Å². The predicted molar refractivity (Wildman–Crippen MR) is 52.3 cm³/mol. The molecule has 0 atom stereocenters. The minimum atomic E-state index is 0.749. The molecule has 0 spiro atoms. The maximum absolute atomic E-state index is 5.02. The average Bonchev–Trinajstić information content (AvgIpc) is 2.38. The van der Waals surface area contributed by atoms with Crippen molar-refractivity contribution in [2.45, 2.75) is 12.4 Å². The molecule has 0 aliphatic rings. The van der Waals surface area contributed by atoms with Crippen LogP contribution < -0.4 is 0 Å². The summed E-state index contributed by atoms with van der Waals surface area (Å²) in [5.74, 6) is 1.12. The van der Waals surface area contributed by atoms with Crippen LogP contribution in [-0.4, -0.2) is 13.4 Å². The van der Waals surface area contributed by atoms with Crippen molar-refractivity contribution in [3.63, 3.8) is 0 Å². The monoisotopic (exact) mass is 188 g/mol. The maximum atomic E-state index is 5.02. The van der Waals surface area contributed by atoms with Gasteiger partial charge in [-0.1, -0.05) is 0 Å². The van der Waals surface area contributed by atoms with Crippen LogP contribution in [0.25, 0.3) is 0 Å². The van der Waals surface area contributed by atoms with Crippen LogP contribution in [0.4, 0.5) is 0 Å². The van der Waals surface area contributed by atoms with Gasteiger partial charge in [0.2, 0.25) is 0 Å². The molecule has 0 N–H and O–H groups in total. The normalized spacial score (nSPS) is 10.4. The summed E-state index contributed by atoms with van der Waals surface area (Å²) >= 11 is 3.69. The molecule has 0 aliphatic heterocycles. The first-order chi connectivity index (χ1) is 5.36. The lowest BCUT2D eigenvalue weighted by atomic mass is 10.4. The molecule has 0 aromatic carbocycles. The third kappa shape index (κ3) is 2.85. The van der Waals surface area contributed by atoms with Gasteiger partial charge >= 0.3 is 0 Å². The van der Waals surface area contributed by atoms with Crippen molar-refractivity contribution in [2.24, 2.45) is 0 Å². The number of methoxy groups -OCH3 is 1. The third-order valence-electron chi connectivity index (χ3n) is 1.29. The zero-order valence-electron chi connectivity index (χ0n) is 6.79. The Morgan fingerprint density at radius 2 is 2.18 bits per heavy atom. The number of ether oxygens (including phenoxy) is 1. The summed E-state index contributed by atoms with van der Waals surface area (Å²) in [4.78, 5) is 2.75. The largest absolute Gasteiger partial charge is 0.379 e. The molecule has 62 valence electrons. The van der Waals surface area contributed by atoms with E-state index in [0.717, 1.165) is 12.4 Å². The second-order valence-corrected chi connectivity index (χ2v) is 4.35. The molecular formula is C8H12OS2. The summed E-state index contributed by atoms with van der Waals surface area (Å²) in [5, 5.41) is 0. The Bertz CT molecular complexity index is 187. The molecule has 0 radical (unpaired) electrons. The zero-order chi connectivity index (χ0) is 8.10. The average molecular weight is 188 g/mol. The molecule has 0 amide bonds. The minimum Gasteiger partial charge on any atom is -0.379 e. The van der Waals surface area contributed by atoms with Crippen molar-refractivity contribution in [2.75, 3.05) is 13.4 Å². The molecule has 0 bridgehead atoms. The predicted octanol–water partition coefficient (Wildman–Crippen LogP) is 2.76. The number of hydrogen-bond donors (Lipinski definition) is 0. The van der Waals surface area contributed by atoms with Crippen LogP contribution in [0.2, 0.25) is 0 Å². The van der Waals surface area contributed by atoms with E-state index in [2.05, 4.69) is 18.4 Å².